The summed E-state index contributed by atoms with van der Waals surface area (Å²) in [5, 5.41) is 15.3. The van der Waals surface area contributed by atoms with Gasteiger partial charge in [0.25, 0.3) is 0 Å². The first-order valence-corrected chi connectivity index (χ1v) is 13.4. The molecule has 40 heavy (non-hydrogen) atoms. The molecule has 0 bridgehead atoms. The number of aromatic nitrogens is 3. The number of hydrogen-bond donors (Lipinski definition) is 1. The second-order valence-corrected chi connectivity index (χ2v) is 11.0. The van der Waals surface area contributed by atoms with Crippen molar-refractivity contribution >= 4 is 23.7 Å². The maximum absolute atomic E-state index is 14.8. The minimum atomic E-state index is -4.78. The van der Waals surface area contributed by atoms with Gasteiger partial charge in [-0.25, -0.2) is 18.4 Å². The third-order valence-corrected chi connectivity index (χ3v) is 8.28. The Morgan fingerprint density at radius 1 is 1.18 bits per heavy atom. The number of aliphatic hydroxyl groups is 1. The lowest BCUT2D eigenvalue weighted by Gasteiger charge is -2.38. The molecule has 1 saturated heterocycles. The highest BCUT2D eigenvalue weighted by Crippen LogP contribution is 2.40. The van der Waals surface area contributed by atoms with Crippen LogP contribution in [0.3, 0.4) is 0 Å². The van der Waals surface area contributed by atoms with E-state index in [-0.39, 0.29) is 29.0 Å². The fraction of sp³-hybridized carbons (Fsp3) is 0.370. The van der Waals surface area contributed by atoms with E-state index in [9.17, 15) is 31.9 Å². The monoisotopic (exact) mass is 582 g/mol. The van der Waals surface area contributed by atoms with Crippen LogP contribution >= 0.6 is 11.8 Å². The number of carbonyl (C=O) groups is 1. The number of carbonyl (C=O) groups excluding carboxylic acids is 1. The molecule has 3 aromatic rings. The molecule has 4 rings (SSSR count). The Morgan fingerprint density at radius 3 is 2.48 bits per heavy atom. The number of thioether (sulfide) groups is 1. The Hall–Kier alpha value is -3.45. The molecule has 2 aromatic carbocycles. The van der Waals surface area contributed by atoms with Crippen LogP contribution in [-0.4, -0.2) is 60.6 Å². The summed E-state index contributed by atoms with van der Waals surface area (Å²) in [7, 11) is 0. The van der Waals surface area contributed by atoms with Gasteiger partial charge in [-0.15, -0.1) is 13.2 Å². The first-order valence-electron chi connectivity index (χ1n) is 12.4. The molecule has 0 saturated carbocycles. The van der Waals surface area contributed by atoms with Gasteiger partial charge < -0.3 is 14.7 Å². The molecule has 1 N–H and O–H groups in total. The van der Waals surface area contributed by atoms with Crippen molar-refractivity contribution in [3.8, 4) is 5.75 Å². The van der Waals surface area contributed by atoms with E-state index in [0.717, 1.165) is 12.1 Å². The van der Waals surface area contributed by atoms with Crippen molar-refractivity contribution < 1.29 is 36.6 Å². The second-order valence-electron chi connectivity index (χ2n) is 9.39. The predicted octanol–water partition coefficient (Wildman–Crippen LogP) is 5.17. The van der Waals surface area contributed by atoms with Crippen LogP contribution in [0, 0.1) is 11.6 Å². The van der Waals surface area contributed by atoms with Gasteiger partial charge in [-0.1, -0.05) is 25.1 Å². The molecule has 1 aliphatic rings. The van der Waals surface area contributed by atoms with Crippen LogP contribution in [0.2, 0.25) is 0 Å². The highest BCUT2D eigenvalue weighted by molar-refractivity contribution is 8.00. The third kappa shape index (κ3) is 7.60. The van der Waals surface area contributed by atoms with Crippen molar-refractivity contribution in [2.75, 3.05) is 13.1 Å². The maximum atomic E-state index is 14.8. The zero-order valence-corrected chi connectivity index (χ0v) is 22.2. The van der Waals surface area contributed by atoms with Crippen molar-refractivity contribution in [3.05, 3.63) is 84.0 Å². The molecule has 2 heterocycles. The van der Waals surface area contributed by atoms with E-state index in [2.05, 4.69) is 14.8 Å². The number of benzene rings is 2. The Kier molecular flexibility index (Phi) is 9.14. The average Bonchev–Trinajstić information content (AvgIpc) is 3.40. The zero-order chi connectivity index (χ0) is 28.9. The first kappa shape index (κ1) is 29.5. The van der Waals surface area contributed by atoms with Crippen LogP contribution < -0.4 is 4.74 Å². The van der Waals surface area contributed by atoms with Crippen LogP contribution in [0.25, 0.3) is 6.08 Å². The summed E-state index contributed by atoms with van der Waals surface area (Å²) < 4.78 is 70.5. The van der Waals surface area contributed by atoms with Crippen LogP contribution in [0.1, 0.15) is 30.9 Å². The smallest absolute Gasteiger partial charge is 0.406 e. The number of nitrogens with zero attached hydrogens (tertiary/aromatic N) is 4. The van der Waals surface area contributed by atoms with Gasteiger partial charge in [0.1, 0.15) is 35.6 Å². The van der Waals surface area contributed by atoms with E-state index >= 15 is 0 Å². The van der Waals surface area contributed by atoms with Gasteiger partial charge >= 0.3 is 6.36 Å². The van der Waals surface area contributed by atoms with Gasteiger partial charge in [0, 0.05) is 41.3 Å². The molecule has 0 unspecified atom stereocenters. The Bertz CT molecular complexity index is 1310. The Morgan fingerprint density at radius 2 is 1.88 bits per heavy atom. The molecule has 1 aliphatic heterocycles. The molecule has 13 heteroatoms. The normalized spacial score (nSPS) is 17.1. The van der Waals surface area contributed by atoms with Crippen LogP contribution in [0.15, 0.2) is 61.2 Å². The van der Waals surface area contributed by atoms with Gasteiger partial charge in [-0.3, -0.25) is 4.79 Å². The molecule has 2 atom stereocenters. The Labute approximate surface area is 231 Å². The van der Waals surface area contributed by atoms with Gasteiger partial charge in [-0.05, 0) is 42.7 Å². The lowest BCUT2D eigenvalue weighted by atomic mass is 9.90. The predicted molar refractivity (Wildman–Crippen MR) is 139 cm³/mol. The average molecular weight is 583 g/mol. The number of piperidine rings is 1. The number of ether oxygens (including phenoxy) is 1. The lowest BCUT2D eigenvalue weighted by molar-refractivity contribution is -0.274. The molecular weight excluding hydrogens is 555 g/mol. The van der Waals surface area contributed by atoms with E-state index in [0.29, 0.717) is 31.5 Å². The van der Waals surface area contributed by atoms with E-state index in [4.69, 9.17) is 0 Å². The molecule has 1 fully saturated rings. The van der Waals surface area contributed by atoms with E-state index in [1.165, 1.54) is 71.6 Å². The van der Waals surface area contributed by atoms with Gasteiger partial charge in [-0.2, -0.15) is 16.9 Å². The molecule has 1 aromatic heterocycles. The molecule has 1 amide bonds. The number of rotatable bonds is 9. The number of alkyl halides is 3. The van der Waals surface area contributed by atoms with E-state index in [1.54, 1.807) is 11.8 Å². The maximum Gasteiger partial charge on any atom is 0.573 e. The first-order chi connectivity index (χ1) is 18.9. The molecule has 0 radical (unpaired) electrons. The molecule has 0 spiro atoms. The minimum Gasteiger partial charge on any atom is -0.406 e. The fourth-order valence-corrected chi connectivity index (χ4v) is 5.99. The fourth-order valence-electron chi connectivity index (χ4n) is 4.50. The SMILES string of the molecule is C[C@@H](SC1CCN(C(=O)/C=C/c2ccc(OC(F)(F)F)cc2)CC1)[C@](O)(Cn1cncn1)c1ccc(F)cc1F. The highest BCUT2D eigenvalue weighted by Gasteiger charge is 2.41. The summed E-state index contributed by atoms with van der Waals surface area (Å²) >= 11 is 1.47. The molecule has 7 nitrogen and oxygen atoms in total. The van der Waals surface area contributed by atoms with Gasteiger partial charge in [0.15, 0.2) is 0 Å². The minimum absolute atomic E-state index is 0.0415. The van der Waals surface area contributed by atoms with E-state index < -0.39 is 28.8 Å². The number of amides is 1. The van der Waals surface area contributed by atoms with E-state index in [1.807, 2.05) is 0 Å². The lowest BCUT2D eigenvalue weighted by Crippen LogP contribution is -2.44. The summed E-state index contributed by atoms with van der Waals surface area (Å²) in [6, 6.07) is 8.25. The summed E-state index contributed by atoms with van der Waals surface area (Å²) in [5.41, 5.74) is -1.21. The summed E-state index contributed by atoms with van der Waals surface area (Å²) in [6.07, 6.45) is 2.08. The van der Waals surface area contributed by atoms with Crippen molar-refractivity contribution in [1.29, 1.82) is 0 Å². The summed E-state index contributed by atoms with van der Waals surface area (Å²) in [6.45, 7) is 2.60. The van der Waals surface area contributed by atoms with Crippen LogP contribution in [0.5, 0.6) is 5.75 Å². The van der Waals surface area contributed by atoms with Crippen LogP contribution in [-0.2, 0) is 16.9 Å². The molecule has 214 valence electrons. The molecule has 0 aliphatic carbocycles. The summed E-state index contributed by atoms with van der Waals surface area (Å²) in [4.78, 5) is 18.2. The third-order valence-electron chi connectivity index (χ3n) is 6.62. The standard InChI is InChI=1S/C27H27F5N4O3S/c1-18(26(38,15-36-17-33-16-34-36)23-8-5-20(28)14-24(23)29)40-22-10-12-35(13-11-22)25(37)9-4-19-2-6-21(7-3-19)39-27(30,31)32/h2-9,14,16-18,22,38H,10-13,15H2,1H3/b9-4+/t18-,26-/m1/s1. The summed E-state index contributed by atoms with van der Waals surface area (Å²) in [5.74, 6) is -2.18. The topological polar surface area (TPSA) is 80.5 Å². The van der Waals surface area contributed by atoms with Crippen molar-refractivity contribution in [1.82, 2.24) is 19.7 Å². The largest absolute Gasteiger partial charge is 0.573 e. The highest BCUT2D eigenvalue weighted by atomic mass is 32.2. The van der Waals surface area contributed by atoms with Gasteiger partial charge in [0.2, 0.25) is 5.91 Å². The van der Waals surface area contributed by atoms with Crippen molar-refractivity contribution in [3.63, 3.8) is 0 Å². The van der Waals surface area contributed by atoms with Crippen molar-refractivity contribution in [2.24, 2.45) is 0 Å². The van der Waals surface area contributed by atoms with Gasteiger partial charge in [0.05, 0.1) is 6.54 Å². The zero-order valence-electron chi connectivity index (χ0n) is 21.4. The molecular formula is C27H27F5N4O3S. The number of hydrogen-bond acceptors (Lipinski definition) is 6. The Balaban J connectivity index is 1.35. The quantitative estimate of drug-likeness (QED) is 0.277. The number of halogens is 5. The van der Waals surface area contributed by atoms with Crippen molar-refractivity contribution in [2.45, 2.75) is 48.8 Å². The van der Waals surface area contributed by atoms with Crippen LogP contribution in [0.4, 0.5) is 22.0 Å². The second kappa shape index (κ2) is 12.4. The number of likely N-dealkylation sites (tertiary alicyclic amines) is 1.